The maximum absolute atomic E-state index is 6.65. The number of nitrogens with one attached hydrogen (secondary N) is 1. The topological polar surface area (TPSA) is 27.7 Å². The molecule has 5 heteroatoms. The lowest BCUT2D eigenvalue weighted by molar-refractivity contribution is -0.159. The minimum absolute atomic E-state index is 0.148. The Morgan fingerprint density at radius 3 is 2.63 bits per heavy atom. The second-order valence-corrected chi connectivity index (χ2v) is 7.91. The maximum Gasteiger partial charge on any atom is 0.182 e. The molecule has 3 aliphatic heterocycles. The summed E-state index contributed by atoms with van der Waals surface area (Å²) >= 11 is 6.48. The fourth-order valence-electron chi connectivity index (χ4n) is 4.52. The van der Waals surface area contributed by atoms with Crippen LogP contribution in [-0.4, -0.2) is 35.3 Å². The number of fused-ring (bicyclic) bond motifs is 4. The number of nitrogens with zero attached hydrogens (tertiary/aromatic N) is 2. The Morgan fingerprint density at radius 2 is 1.85 bits per heavy atom. The lowest BCUT2D eigenvalue weighted by Gasteiger charge is -2.51. The van der Waals surface area contributed by atoms with Crippen molar-refractivity contribution in [1.82, 2.24) is 15.3 Å². The number of ether oxygens (including phenoxy) is 1. The summed E-state index contributed by atoms with van der Waals surface area (Å²) in [6.45, 7) is 5.41. The van der Waals surface area contributed by atoms with Gasteiger partial charge in [0.1, 0.15) is 5.75 Å². The van der Waals surface area contributed by atoms with Crippen LogP contribution < -0.4 is 10.2 Å². The van der Waals surface area contributed by atoms with Crippen molar-refractivity contribution in [2.24, 2.45) is 0 Å². The molecule has 1 spiro atoms. The third-order valence-electron chi connectivity index (χ3n) is 6.07. The standard InChI is InChI=1S/C22H24ClN3O/c1-2-25-13-11-22(12-14-25)26-20(17-8-4-6-10-21(17)27-22)15-19(24-26)16-7-3-5-9-18(16)23/h3-10,15,20,24H,2,11-14H2,1H3/t20-/m1/s1. The molecule has 1 N–H and O–H groups in total. The molecule has 0 radical (unpaired) electrons. The van der Waals surface area contributed by atoms with Crippen LogP contribution in [0.25, 0.3) is 5.70 Å². The predicted molar refractivity (Wildman–Crippen MR) is 108 cm³/mol. The van der Waals surface area contributed by atoms with E-state index in [1.165, 1.54) is 5.56 Å². The van der Waals surface area contributed by atoms with E-state index in [1.807, 2.05) is 18.2 Å². The van der Waals surface area contributed by atoms with Crippen molar-refractivity contribution in [2.75, 3.05) is 19.6 Å². The van der Waals surface area contributed by atoms with Gasteiger partial charge in [0, 0.05) is 42.1 Å². The monoisotopic (exact) mass is 381 g/mol. The summed E-state index contributed by atoms with van der Waals surface area (Å²) in [7, 11) is 0. The van der Waals surface area contributed by atoms with E-state index in [9.17, 15) is 0 Å². The van der Waals surface area contributed by atoms with Crippen molar-refractivity contribution in [1.29, 1.82) is 0 Å². The van der Waals surface area contributed by atoms with E-state index in [4.69, 9.17) is 16.3 Å². The minimum atomic E-state index is -0.329. The van der Waals surface area contributed by atoms with E-state index < -0.39 is 0 Å². The number of halogens is 1. The van der Waals surface area contributed by atoms with Crippen LogP contribution in [0.4, 0.5) is 0 Å². The quantitative estimate of drug-likeness (QED) is 0.831. The zero-order valence-electron chi connectivity index (χ0n) is 15.5. The highest BCUT2D eigenvalue weighted by atomic mass is 35.5. The molecule has 3 heterocycles. The Labute approximate surface area is 165 Å². The molecule has 27 heavy (non-hydrogen) atoms. The molecule has 0 bridgehead atoms. The number of likely N-dealkylation sites (tertiary alicyclic amines) is 1. The Hall–Kier alpha value is -2.01. The largest absolute Gasteiger partial charge is 0.470 e. The zero-order valence-corrected chi connectivity index (χ0v) is 16.2. The van der Waals surface area contributed by atoms with Crippen LogP contribution in [0.15, 0.2) is 54.6 Å². The number of rotatable bonds is 2. The summed E-state index contributed by atoms with van der Waals surface area (Å²) in [6, 6.07) is 16.6. The van der Waals surface area contributed by atoms with E-state index in [2.05, 4.69) is 58.7 Å². The molecule has 2 aromatic carbocycles. The smallest absolute Gasteiger partial charge is 0.182 e. The molecule has 4 nitrogen and oxygen atoms in total. The van der Waals surface area contributed by atoms with Gasteiger partial charge < -0.3 is 15.1 Å². The third-order valence-corrected chi connectivity index (χ3v) is 6.40. The summed E-state index contributed by atoms with van der Waals surface area (Å²) in [5.41, 5.74) is 6.62. The number of benzene rings is 2. The van der Waals surface area contributed by atoms with Crippen molar-refractivity contribution < 1.29 is 4.74 Å². The van der Waals surface area contributed by atoms with Crippen molar-refractivity contribution in [3.63, 3.8) is 0 Å². The molecule has 0 aromatic heterocycles. The molecular formula is C22H24ClN3O. The van der Waals surface area contributed by atoms with Gasteiger partial charge in [-0.05, 0) is 24.8 Å². The second kappa shape index (κ2) is 6.55. The van der Waals surface area contributed by atoms with E-state index in [0.29, 0.717) is 0 Å². The SMILES string of the molecule is CCN1CCC2(CC1)Oc1ccccc1[C@H]1C=C(c3ccccc3Cl)NN12. The molecule has 2 aromatic rings. The van der Waals surface area contributed by atoms with Crippen LogP contribution >= 0.6 is 11.6 Å². The van der Waals surface area contributed by atoms with Gasteiger partial charge in [-0.15, -0.1) is 0 Å². The van der Waals surface area contributed by atoms with Gasteiger partial charge in [0.15, 0.2) is 5.72 Å². The highest BCUT2D eigenvalue weighted by Gasteiger charge is 2.51. The van der Waals surface area contributed by atoms with Crippen LogP contribution in [0.2, 0.25) is 5.02 Å². The van der Waals surface area contributed by atoms with Crippen LogP contribution in [0.3, 0.4) is 0 Å². The van der Waals surface area contributed by atoms with Gasteiger partial charge in [-0.1, -0.05) is 54.9 Å². The summed E-state index contributed by atoms with van der Waals surface area (Å²) in [4.78, 5) is 2.49. The molecule has 140 valence electrons. The van der Waals surface area contributed by atoms with E-state index in [-0.39, 0.29) is 11.8 Å². The van der Waals surface area contributed by atoms with E-state index in [0.717, 1.165) is 54.5 Å². The molecule has 1 fully saturated rings. The molecule has 5 rings (SSSR count). The number of hydrazine groups is 1. The van der Waals surface area contributed by atoms with Gasteiger partial charge in [0.05, 0.1) is 11.7 Å². The second-order valence-electron chi connectivity index (χ2n) is 7.51. The lowest BCUT2D eigenvalue weighted by Crippen LogP contribution is -2.63. The molecule has 3 aliphatic rings. The van der Waals surface area contributed by atoms with Crippen LogP contribution in [0, 0.1) is 0 Å². The molecule has 1 saturated heterocycles. The normalized spacial score (nSPS) is 23.9. The Balaban J connectivity index is 1.56. The first-order valence-electron chi connectivity index (χ1n) is 9.73. The minimum Gasteiger partial charge on any atom is -0.470 e. The molecular weight excluding hydrogens is 358 g/mol. The van der Waals surface area contributed by atoms with Crippen LogP contribution in [0.5, 0.6) is 5.75 Å². The van der Waals surface area contributed by atoms with Crippen LogP contribution in [-0.2, 0) is 0 Å². The predicted octanol–water partition coefficient (Wildman–Crippen LogP) is 4.45. The number of hydrogen-bond donors (Lipinski definition) is 1. The van der Waals surface area contributed by atoms with Crippen molar-refractivity contribution in [3.8, 4) is 5.75 Å². The summed E-state index contributed by atoms with van der Waals surface area (Å²) < 4.78 is 6.65. The molecule has 0 aliphatic carbocycles. The Morgan fingerprint density at radius 1 is 1.11 bits per heavy atom. The Bertz CT molecular complexity index is 889. The highest BCUT2D eigenvalue weighted by molar-refractivity contribution is 6.32. The first-order valence-corrected chi connectivity index (χ1v) is 10.1. The van der Waals surface area contributed by atoms with Gasteiger partial charge in [-0.25, -0.2) is 0 Å². The van der Waals surface area contributed by atoms with Gasteiger partial charge in [-0.3, -0.25) is 0 Å². The van der Waals surface area contributed by atoms with E-state index >= 15 is 0 Å². The fourth-order valence-corrected chi connectivity index (χ4v) is 4.75. The molecule has 0 saturated carbocycles. The summed E-state index contributed by atoms with van der Waals surface area (Å²) in [5.74, 6) is 1.00. The summed E-state index contributed by atoms with van der Waals surface area (Å²) in [6.07, 6.45) is 4.24. The Kier molecular flexibility index (Phi) is 4.15. The number of para-hydroxylation sites is 1. The average molecular weight is 382 g/mol. The lowest BCUT2D eigenvalue weighted by atomic mass is 9.93. The fraction of sp³-hybridized carbons (Fsp3) is 0.364. The first-order chi connectivity index (χ1) is 13.2. The van der Waals surface area contributed by atoms with Gasteiger partial charge in [0.25, 0.3) is 0 Å². The van der Waals surface area contributed by atoms with Gasteiger partial charge >= 0.3 is 0 Å². The van der Waals surface area contributed by atoms with E-state index in [1.54, 1.807) is 0 Å². The van der Waals surface area contributed by atoms with Crippen molar-refractivity contribution in [2.45, 2.75) is 31.5 Å². The average Bonchev–Trinajstić information content (AvgIpc) is 3.16. The zero-order chi connectivity index (χ0) is 18.4. The van der Waals surface area contributed by atoms with Crippen LogP contribution in [0.1, 0.15) is 36.9 Å². The number of hydrogen-bond acceptors (Lipinski definition) is 4. The first kappa shape index (κ1) is 17.1. The highest BCUT2D eigenvalue weighted by Crippen LogP contribution is 2.48. The maximum atomic E-state index is 6.65. The molecule has 0 amide bonds. The molecule has 1 atom stereocenters. The number of piperidine rings is 1. The molecule has 0 unspecified atom stereocenters. The third kappa shape index (κ3) is 2.75. The van der Waals surface area contributed by atoms with Crippen molar-refractivity contribution >= 4 is 17.3 Å². The van der Waals surface area contributed by atoms with Gasteiger partial charge in [0.2, 0.25) is 0 Å². The summed E-state index contributed by atoms with van der Waals surface area (Å²) in [5, 5.41) is 3.08. The van der Waals surface area contributed by atoms with Gasteiger partial charge in [-0.2, -0.15) is 5.01 Å². The van der Waals surface area contributed by atoms with Crippen molar-refractivity contribution in [3.05, 3.63) is 70.8 Å².